The van der Waals surface area contributed by atoms with Crippen molar-refractivity contribution in [1.29, 1.82) is 0 Å². The van der Waals surface area contributed by atoms with Crippen molar-refractivity contribution < 1.29 is 18.6 Å². The van der Waals surface area contributed by atoms with E-state index in [1.54, 1.807) is 0 Å². The summed E-state index contributed by atoms with van der Waals surface area (Å²) in [5.41, 5.74) is -0.604. The van der Waals surface area contributed by atoms with Crippen molar-refractivity contribution in [2.75, 3.05) is 24.7 Å². The minimum atomic E-state index is -1.24. The van der Waals surface area contributed by atoms with E-state index in [0.29, 0.717) is 24.7 Å². The van der Waals surface area contributed by atoms with Gasteiger partial charge in [0.1, 0.15) is 0 Å². The highest BCUT2D eigenvalue weighted by molar-refractivity contribution is 8.14. The summed E-state index contributed by atoms with van der Waals surface area (Å²) in [6.07, 6.45) is 1.66. The van der Waals surface area contributed by atoms with Crippen LogP contribution in [0.5, 0.6) is 0 Å². The van der Waals surface area contributed by atoms with Crippen LogP contribution in [0.25, 0.3) is 0 Å². The number of rotatable bonds is 15. The smallest absolute Gasteiger partial charge is 0.259 e. The summed E-state index contributed by atoms with van der Waals surface area (Å²) >= 11 is 2.68. The van der Waals surface area contributed by atoms with Gasteiger partial charge in [0, 0.05) is 34.4 Å². The second-order valence-electron chi connectivity index (χ2n) is 9.22. The molecule has 0 rings (SSSR count). The zero-order chi connectivity index (χ0) is 23.5. The molecule has 0 aliphatic rings. The van der Waals surface area contributed by atoms with Crippen molar-refractivity contribution in [2.45, 2.75) is 94.2 Å². The van der Waals surface area contributed by atoms with Crippen molar-refractivity contribution in [2.24, 2.45) is 10.8 Å². The lowest BCUT2D eigenvalue weighted by Crippen LogP contribution is -2.34. The molecule has 30 heavy (non-hydrogen) atoms. The van der Waals surface area contributed by atoms with Crippen LogP contribution in [0.2, 0.25) is 0 Å². The van der Waals surface area contributed by atoms with Crippen LogP contribution in [0.15, 0.2) is 0 Å². The Morgan fingerprint density at radius 1 is 0.800 bits per heavy atom. The summed E-state index contributed by atoms with van der Waals surface area (Å²) in [5.74, 6) is 1.23. The normalized spacial score (nSPS) is 13.1. The van der Waals surface area contributed by atoms with Gasteiger partial charge in [0.2, 0.25) is 0 Å². The lowest BCUT2D eigenvalue weighted by Gasteiger charge is -2.35. The van der Waals surface area contributed by atoms with Gasteiger partial charge in [0.15, 0.2) is 10.2 Å². The minimum Gasteiger partial charge on any atom is -0.321 e. The third kappa shape index (κ3) is 10.8. The van der Waals surface area contributed by atoms with Crippen LogP contribution in [0.3, 0.4) is 0 Å². The fourth-order valence-corrected chi connectivity index (χ4v) is 5.93. The molecule has 0 aromatic carbocycles. The average molecular weight is 482 g/mol. The van der Waals surface area contributed by atoms with E-state index in [0.717, 1.165) is 12.8 Å². The Hall–Kier alpha value is 0.350. The highest BCUT2D eigenvalue weighted by atomic mass is 32.2. The molecule has 178 valence electrons. The molecule has 0 atom stereocenters. The van der Waals surface area contributed by atoms with Crippen LogP contribution in [-0.4, -0.2) is 51.7 Å². The number of carbonyl (C=O) groups is 2. The van der Waals surface area contributed by atoms with E-state index in [4.69, 9.17) is 9.05 Å². The summed E-state index contributed by atoms with van der Waals surface area (Å²) in [6.45, 7) is 21.5. The third-order valence-corrected chi connectivity index (χ3v) is 9.64. The predicted molar refractivity (Wildman–Crippen MR) is 134 cm³/mol. The van der Waals surface area contributed by atoms with Gasteiger partial charge in [-0.1, -0.05) is 65.1 Å². The van der Waals surface area contributed by atoms with Gasteiger partial charge in [-0.2, -0.15) is 0 Å². The van der Waals surface area contributed by atoms with Crippen LogP contribution >= 0.6 is 32.0 Å². The van der Waals surface area contributed by atoms with Gasteiger partial charge in [-0.25, -0.2) is 4.67 Å². The largest absolute Gasteiger partial charge is 0.321 e. The summed E-state index contributed by atoms with van der Waals surface area (Å²) in [7, 11) is -1.24. The molecular formula is C22H44NO4PS2. The molecule has 0 N–H and O–H groups in total. The summed E-state index contributed by atoms with van der Waals surface area (Å²) in [5, 5.41) is 0.411. The van der Waals surface area contributed by atoms with Crippen molar-refractivity contribution in [3.63, 3.8) is 0 Å². The van der Waals surface area contributed by atoms with E-state index in [-0.39, 0.29) is 33.1 Å². The molecule has 0 fully saturated rings. The van der Waals surface area contributed by atoms with Gasteiger partial charge >= 0.3 is 0 Å². The molecule has 0 aliphatic carbocycles. The zero-order valence-corrected chi connectivity index (χ0v) is 23.3. The molecular weight excluding hydrogens is 437 g/mol. The van der Waals surface area contributed by atoms with Crippen LogP contribution in [0, 0.1) is 10.8 Å². The topological polar surface area (TPSA) is 55.8 Å². The zero-order valence-electron chi connectivity index (χ0n) is 20.7. The molecule has 5 nitrogen and oxygen atoms in total. The fourth-order valence-electron chi connectivity index (χ4n) is 2.32. The monoisotopic (exact) mass is 481 g/mol. The van der Waals surface area contributed by atoms with Crippen LogP contribution < -0.4 is 0 Å². The average Bonchev–Trinajstić information content (AvgIpc) is 2.66. The number of hydrogen-bond acceptors (Lipinski definition) is 7. The quantitative estimate of drug-likeness (QED) is 0.189. The van der Waals surface area contributed by atoms with Crippen molar-refractivity contribution in [3.05, 3.63) is 0 Å². The first-order chi connectivity index (χ1) is 13.8. The molecule has 0 aromatic heterocycles. The molecule has 8 heteroatoms. The maximum absolute atomic E-state index is 12.3. The van der Waals surface area contributed by atoms with E-state index < -0.39 is 8.53 Å². The van der Waals surface area contributed by atoms with Crippen LogP contribution in [-0.2, 0) is 18.6 Å². The van der Waals surface area contributed by atoms with Crippen molar-refractivity contribution in [1.82, 2.24) is 4.67 Å². The van der Waals surface area contributed by atoms with E-state index in [2.05, 4.69) is 32.4 Å². The lowest BCUT2D eigenvalue weighted by atomic mass is 9.92. The standard InChI is InChI=1S/C22H44NO4PS2/c1-11-21(7,8)19(24)29-15-13-26-28(23(17(3)4)18(5)6)27-14-16-30-20(25)22(9,10)12-2/h17-18H,11-16H2,1-10H3. The second kappa shape index (κ2) is 14.5. The van der Waals surface area contributed by atoms with Gasteiger partial charge in [-0.05, 0) is 40.5 Å². The maximum Gasteiger partial charge on any atom is 0.259 e. The summed E-state index contributed by atoms with van der Waals surface area (Å²) in [4.78, 5) is 24.6. The Labute approximate surface area is 195 Å². The van der Waals surface area contributed by atoms with E-state index >= 15 is 0 Å². The molecule has 0 heterocycles. The van der Waals surface area contributed by atoms with Crippen LogP contribution in [0.4, 0.5) is 0 Å². The second-order valence-corrected chi connectivity index (χ2v) is 12.8. The molecule has 0 aliphatic heterocycles. The molecule has 0 spiro atoms. The van der Waals surface area contributed by atoms with Gasteiger partial charge < -0.3 is 9.05 Å². The first-order valence-corrected chi connectivity index (χ1v) is 14.1. The first-order valence-electron chi connectivity index (χ1n) is 11.0. The molecule has 0 aromatic rings. The Kier molecular flexibility index (Phi) is 14.7. The van der Waals surface area contributed by atoms with Crippen molar-refractivity contribution in [3.8, 4) is 0 Å². The van der Waals surface area contributed by atoms with E-state index in [1.807, 2.05) is 41.5 Å². The Morgan fingerprint density at radius 3 is 1.40 bits per heavy atom. The highest BCUT2D eigenvalue weighted by Gasteiger charge is 2.29. The molecule has 0 unspecified atom stereocenters. The van der Waals surface area contributed by atoms with Gasteiger partial charge in [0.05, 0.1) is 13.2 Å². The fraction of sp³-hybridized carbons (Fsp3) is 0.909. The Bertz CT molecular complexity index is 483. The van der Waals surface area contributed by atoms with Crippen molar-refractivity contribution >= 4 is 42.3 Å². The highest BCUT2D eigenvalue weighted by Crippen LogP contribution is 2.46. The van der Waals surface area contributed by atoms with Crippen LogP contribution in [0.1, 0.15) is 82.1 Å². The molecule has 0 saturated carbocycles. The Balaban J connectivity index is 4.74. The van der Waals surface area contributed by atoms with Gasteiger partial charge in [-0.15, -0.1) is 0 Å². The lowest BCUT2D eigenvalue weighted by molar-refractivity contribution is -0.118. The van der Waals surface area contributed by atoms with Gasteiger partial charge in [0.25, 0.3) is 8.53 Å². The number of nitrogens with zero attached hydrogens (tertiary/aromatic N) is 1. The van der Waals surface area contributed by atoms with E-state index in [1.165, 1.54) is 23.5 Å². The number of carbonyl (C=O) groups excluding carboxylic acids is 2. The summed E-state index contributed by atoms with van der Waals surface area (Å²) < 4.78 is 14.5. The number of thioether (sulfide) groups is 2. The SMILES string of the molecule is CCC(C)(C)C(=O)SCCOP(OCCSC(=O)C(C)(C)CC)N(C(C)C)C(C)C. The first kappa shape index (κ1) is 30.4. The van der Waals surface area contributed by atoms with Gasteiger partial charge in [-0.3, -0.25) is 9.59 Å². The predicted octanol–water partition coefficient (Wildman–Crippen LogP) is 6.76. The molecule has 0 radical (unpaired) electrons. The van der Waals surface area contributed by atoms with E-state index in [9.17, 15) is 9.59 Å². The summed E-state index contributed by atoms with van der Waals surface area (Å²) in [6, 6.07) is 0.551. The minimum absolute atomic E-state index is 0.205. The molecule has 0 amide bonds. The maximum atomic E-state index is 12.3. The third-order valence-electron chi connectivity index (χ3n) is 5.16. The Morgan fingerprint density at radius 2 is 1.13 bits per heavy atom. The number of hydrogen-bond donors (Lipinski definition) is 0. The molecule has 0 saturated heterocycles. The molecule has 0 bridgehead atoms.